The van der Waals surface area contributed by atoms with E-state index < -0.39 is 29.4 Å². The van der Waals surface area contributed by atoms with E-state index in [0.717, 1.165) is 0 Å². The number of rotatable bonds is 5. The molecule has 0 aromatic carbocycles. The number of amides is 3. The average molecular weight is 303 g/mol. The molecule has 7 nitrogen and oxygen atoms in total. The third kappa shape index (κ3) is 3.56. The van der Waals surface area contributed by atoms with Crippen molar-refractivity contribution >= 4 is 29.7 Å². The summed E-state index contributed by atoms with van der Waals surface area (Å²) in [5, 5.41) is 11.6. The number of carbonyl (C=O) groups excluding carboxylic acids is 2. The fraction of sp³-hybridized carbons (Fsp3) is 0.750. The number of carboxylic acid groups (broad SMARTS) is 1. The van der Waals surface area contributed by atoms with Crippen molar-refractivity contribution in [1.82, 2.24) is 10.2 Å². The molecule has 1 saturated heterocycles. The van der Waals surface area contributed by atoms with Gasteiger partial charge in [-0.25, -0.2) is 9.59 Å². The zero-order valence-electron chi connectivity index (χ0n) is 11.9. The summed E-state index contributed by atoms with van der Waals surface area (Å²) in [5.74, 6) is -1.16. The predicted octanol–water partition coefficient (Wildman–Crippen LogP) is 0.446. The summed E-state index contributed by atoms with van der Waals surface area (Å²) in [6, 6.07) is -1.30. The lowest BCUT2D eigenvalue weighted by molar-refractivity contribution is -0.141. The summed E-state index contributed by atoms with van der Waals surface area (Å²) in [4.78, 5) is 35.9. The Morgan fingerprint density at radius 2 is 2.05 bits per heavy atom. The van der Waals surface area contributed by atoms with Gasteiger partial charge in [0.2, 0.25) is 5.91 Å². The lowest BCUT2D eigenvalue weighted by Gasteiger charge is -2.29. The third-order valence-corrected chi connectivity index (χ3v) is 4.76. The normalized spacial score (nSPS) is 22.6. The van der Waals surface area contributed by atoms with E-state index in [1.165, 1.54) is 16.7 Å². The highest BCUT2D eigenvalue weighted by molar-refractivity contribution is 8.00. The van der Waals surface area contributed by atoms with Gasteiger partial charge in [-0.1, -0.05) is 6.92 Å². The molecule has 1 aliphatic heterocycles. The van der Waals surface area contributed by atoms with Crippen LogP contribution < -0.4 is 11.1 Å². The van der Waals surface area contributed by atoms with E-state index in [1.807, 2.05) is 6.92 Å². The minimum absolute atomic E-state index is 0.0745. The summed E-state index contributed by atoms with van der Waals surface area (Å²) in [5.41, 5.74) is 4.36. The molecule has 8 heteroatoms. The van der Waals surface area contributed by atoms with E-state index in [1.54, 1.807) is 13.8 Å². The Balaban J connectivity index is 2.73. The smallest absolute Gasteiger partial charge is 0.327 e. The maximum Gasteiger partial charge on any atom is 0.327 e. The zero-order chi connectivity index (χ0) is 15.5. The van der Waals surface area contributed by atoms with Gasteiger partial charge in [0.25, 0.3) is 0 Å². The van der Waals surface area contributed by atoms with Crippen molar-refractivity contribution in [1.29, 1.82) is 0 Å². The highest BCUT2D eigenvalue weighted by atomic mass is 32.2. The molecule has 0 saturated carbocycles. The molecule has 4 N–H and O–H groups in total. The first-order chi connectivity index (χ1) is 9.20. The quantitative estimate of drug-likeness (QED) is 0.682. The topological polar surface area (TPSA) is 113 Å². The molecule has 0 aromatic heterocycles. The van der Waals surface area contributed by atoms with E-state index in [4.69, 9.17) is 10.8 Å². The largest absolute Gasteiger partial charge is 0.480 e. The van der Waals surface area contributed by atoms with Crippen molar-refractivity contribution < 1.29 is 19.5 Å². The number of urea groups is 1. The molecule has 0 aliphatic carbocycles. The van der Waals surface area contributed by atoms with Crippen molar-refractivity contribution in [3.8, 4) is 0 Å². The number of carboxylic acids is 1. The Hall–Kier alpha value is -1.44. The standard InChI is InChI=1S/C12H21N3O4S/c1-4-8-15(7(5-20-8)9(16)17)11(19)14-6-12(2,3)10(13)18/h7-8H,4-6H2,1-3H3,(H2,13,18)(H,14,19)(H,16,17). The van der Waals surface area contributed by atoms with Crippen LogP contribution in [-0.4, -0.2) is 51.6 Å². The van der Waals surface area contributed by atoms with Crippen LogP contribution in [-0.2, 0) is 9.59 Å². The molecule has 0 radical (unpaired) electrons. The first kappa shape index (κ1) is 16.6. The maximum absolute atomic E-state index is 12.2. The van der Waals surface area contributed by atoms with Crippen LogP contribution in [0.2, 0.25) is 0 Å². The molecule has 2 atom stereocenters. The second kappa shape index (κ2) is 6.34. The number of nitrogens with one attached hydrogen (secondary N) is 1. The van der Waals surface area contributed by atoms with E-state index in [-0.39, 0.29) is 11.9 Å². The van der Waals surface area contributed by atoms with Crippen molar-refractivity contribution in [2.45, 2.75) is 38.6 Å². The highest BCUT2D eigenvalue weighted by Crippen LogP contribution is 2.31. The number of primary amides is 1. The van der Waals surface area contributed by atoms with Crippen LogP contribution in [0.25, 0.3) is 0 Å². The molecule has 1 fully saturated rings. The Morgan fingerprint density at radius 3 is 2.50 bits per heavy atom. The molecule has 114 valence electrons. The van der Waals surface area contributed by atoms with Gasteiger partial charge >= 0.3 is 12.0 Å². The van der Waals surface area contributed by atoms with Gasteiger partial charge in [-0.2, -0.15) is 0 Å². The van der Waals surface area contributed by atoms with Gasteiger partial charge in [0, 0.05) is 12.3 Å². The number of hydrogen-bond donors (Lipinski definition) is 3. The second-order valence-corrected chi connectivity index (χ2v) is 6.58. The van der Waals surface area contributed by atoms with Crippen LogP contribution in [0.5, 0.6) is 0 Å². The van der Waals surface area contributed by atoms with Crippen LogP contribution in [0.4, 0.5) is 4.79 Å². The number of nitrogens with two attached hydrogens (primary N) is 1. The number of thioether (sulfide) groups is 1. The molecular formula is C12H21N3O4S. The van der Waals surface area contributed by atoms with Crippen LogP contribution in [0, 0.1) is 5.41 Å². The molecule has 0 spiro atoms. The first-order valence-electron chi connectivity index (χ1n) is 6.41. The van der Waals surface area contributed by atoms with Gasteiger partial charge in [-0.15, -0.1) is 11.8 Å². The molecule has 0 aromatic rings. The van der Waals surface area contributed by atoms with E-state index >= 15 is 0 Å². The average Bonchev–Trinajstić information content (AvgIpc) is 2.79. The fourth-order valence-electron chi connectivity index (χ4n) is 1.82. The van der Waals surface area contributed by atoms with E-state index in [9.17, 15) is 14.4 Å². The van der Waals surface area contributed by atoms with Gasteiger partial charge in [-0.05, 0) is 20.3 Å². The summed E-state index contributed by atoms with van der Waals surface area (Å²) in [6.45, 7) is 5.22. The van der Waals surface area contributed by atoms with Crippen molar-refractivity contribution in [2.75, 3.05) is 12.3 Å². The van der Waals surface area contributed by atoms with Crippen LogP contribution >= 0.6 is 11.8 Å². The maximum atomic E-state index is 12.2. The minimum Gasteiger partial charge on any atom is -0.480 e. The van der Waals surface area contributed by atoms with Crippen LogP contribution in [0.15, 0.2) is 0 Å². The summed E-state index contributed by atoms with van der Waals surface area (Å²) >= 11 is 1.45. The molecular weight excluding hydrogens is 282 g/mol. The molecule has 1 aliphatic rings. The number of hydrogen-bond acceptors (Lipinski definition) is 4. The number of aliphatic carboxylic acids is 1. The molecule has 1 heterocycles. The second-order valence-electron chi connectivity index (χ2n) is 5.36. The third-order valence-electron chi connectivity index (χ3n) is 3.31. The lowest BCUT2D eigenvalue weighted by Crippen LogP contribution is -2.52. The van der Waals surface area contributed by atoms with Gasteiger partial charge in [-0.3, -0.25) is 9.69 Å². The highest BCUT2D eigenvalue weighted by Gasteiger charge is 2.41. The van der Waals surface area contributed by atoms with Gasteiger partial charge in [0.05, 0.1) is 10.8 Å². The molecule has 20 heavy (non-hydrogen) atoms. The Bertz CT molecular complexity index is 414. The Morgan fingerprint density at radius 1 is 1.45 bits per heavy atom. The predicted molar refractivity (Wildman–Crippen MR) is 76.2 cm³/mol. The monoisotopic (exact) mass is 303 g/mol. The first-order valence-corrected chi connectivity index (χ1v) is 7.46. The summed E-state index contributed by atoms with van der Waals surface area (Å²) < 4.78 is 0. The van der Waals surface area contributed by atoms with Crippen molar-refractivity contribution in [2.24, 2.45) is 11.1 Å². The lowest BCUT2D eigenvalue weighted by atomic mass is 9.93. The van der Waals surface area contributed by atoms with Gasteiger partial charge in [0.15, 0.2) is 0 Å². The van der Waals surface area contributed by atoms with E-state index in [2.05, 4.69) is 5.32 Å². The van der Waals surface area contributed by atoms with Gasteiger partial charge in [0.1, 0.15) is 6.04 Å². The molecule has 3 amide bonds. The minimum atomic E-state index is -1.02. The van der Waals surface area contributed by atoms with Crippen molar-refractivity contribution in [3.05, 3.63) is 0 Å². The Labute approximate surface area is 122 Å². The van der Waals surface area contributed by atoms with Gasteiger partial charge < -0.3 is 16.2 Å². The van der Waals surface area contributed by atoms with Crippen LogP contribution in [0.1, 0.15) is 27.2 Å². The summed E-state index contributed by atoms with van der Waals surface area (Å²) in [6.07, 6.45) is 0.668. The molecule has 0 bridgehead atoms. The van der Waals surface area contributed by atoms with Crippen LogP contribution in [0.3, 0.4) is 0 Å². The molecule has 1 rings (SSSR count). The Kier molecular flexibility index (Phi) is 5.27. The van der Waals surface area contributed by atoms with E-state index in [0.29, 0.717) is 12.2 Å². The zero-order valence-corrected chi connectivity index (χ0v) is 12.7. The molecule has 2 unspecified atom stereocenters. The summed E-state index contributed by atoms with van der Waals surface area (Å²) in [7, 11) is 0. The number of carbonyl (C=O) groups is 3. The van der Waals surface area contributed by atoms with Crippen molar-refractivity contribution in [3.63, 3.8) is 0 Å². The fourth-order valence-corrected chi connectivity index (χ4v) is 3.16. The number of nitrogens with zero attached hydrogens (tertiary/aromatic N) is 1. The SMILES string of the molecule is CCC1SCC(C(=O)O)N1C(=O)NCC(C)(C)C(N)=O.